The Morgan fingerprint density at radius 2 is 2.18 bits per heavy atom. The largest absolute Gasteiger partial charge is 0.378 e. The number of anilines is 2. The van der Waals surface area contributed by atoms with Crippen LogP contribution in [0.3, 0.4) is 0 Å². The number of halogens is 2. The summed E-state index contributed by atoms with van der Waals surface area (Å²) in [4.78, 5) is 11.9. The summed E-state index contributed by atoms with van der Waals surface area (Å²) in [5, 5.41) is 5.84. The van der Waals surface area contributed by atoms with E-state index in [0.717, 1.165) is 0 Å². The molecule has 2 atom stereocenters. The maximum Gasteiger partial charge on any atom is 0.232 e. The van der Waals surface area contributed by atoms with Crippen LogP contribution >= 0.6 is 11.6 Å². The highest BCUT2D eigenvalue weighted by atomic mass is 35.5. The van der Waals surface area contributed by atoms with Crippen molar-refractivity contribution in [3.05, 3.63) is 23.0 Å². The molecule has 1 aromatic carbocycles. The minimum Gasteiger partial charge on any atom is -0.378 e. The van der Waals surface area contributed by atoms with Crippen LogP contribution in [0.5, 0.6) is 0 Å². The Morgan fingerprint density at radius 3 is 3.00 bits per heavy atom. The zero-order valence-corrected chi connectivity index (χ0v) is 9.55. The van der Waals surface area contributed by atoms with E-state index < -0.39 is 5.82 Å². The first kappa shape index (κ1) is 10.8. The van der Waals surface area contributed by atoms with Gasteiger partial charge in [-0.3, -0.25) is 4.79 Å². The third kappa shape index (κ3) is 1.75. The molecule has 2 heterocycles. The van der Waals surface area contributed by atoms with Gasteiger partial charge in [-0.2, -0.15) is 0 Å². The van der Waals surface area contributed by atoms with Crippen molar-refractivity contribution < 1.29 is 13.9 Å². The summed E-state index contributed by atoms with van der Waals surface area (Å²) in [7, 11) is 0. The van der Waals surface area contributed by atoms with Crippen molar-refractivity contribution in [1.82, 2.24) is 0 Å². The SMILES string of the molecule is O=C1Nc2cc(Cl)c(F)cc2NC2COCC12. The second kappa shape index (κ2) is 3.85. The standard InChI is InChI=1S/C11H10ClFN2O2/c12-6-1-8-9(2-7(6)13)14-10-4-17-3-5(10)11(16)15-8/h1-2,5,10,14H,3-4H2,(H,15,16). The van der Waals surface area contributed by atoms with Crippen LogP contribution in [-0.2, 0) is 9.53 Å². The third-order valence-electron chi connectivity index (χ3n) is 3.08. The topological polar surface area (TPSA) is 50.4 Å². The number of hydrogen-bond donors (Lipinski definition) is 2. The van der Waals surface area contributed by atoms with Gasteiger partial charge < -0.3 is 15.4 Å². The minimum absolute atomic E-state index is 0.00541. The van der Waals surface area contributed by atoms with Crippen molar-refractivity contribution in [2.24, 2.45) is 5.92 Å². The van der Waals surface area contributed by atoms with E-state index in [1.807, 2.05) is 0 Å². The molecule has 17 heavy (non-hydrogen) atoms. The van der Waals surface area contributed by atoms with Crippen LogP contribution in [0.25, 0.3) is 0 Å². The lowest BCUT2D eigenvalue weighted by atomic mass is 10.0. The Bertz CT molecular complexity index is 495. The fraction of sp³-hybridized carbons (Fsp3) is 0.364. The number of nitrogens with one attached hydrogen (secondary N) is 2. The first-order valence-corrected chi connectivity index (χ1v) is 5.67. The zero-order chi connectivity index (χ0) is 12.0. The van der Waals surface area contributed by atoms with E-state index in [1.54, 1.807) is 0 Å². The molecule has 0 aromatic heterocycles. The summed E-state index contributed by atoms with van der Waals surface area (Å²) in [5.74, 6) is -0.879. The van der Waals surface area contributed by atoms with Crippen molar-refractivity contribution >= 4 is 28.9 Å². The first-order valence-electron chi connectivity index (χ1n) is 5.29. The van der Waals surface area contributed by atoms with Gasteiger partial charge in [0.2, 0.25) is 5.91 Å². The molecule has 1 aromatic rings. The van der Waals surface area contributed by atoms with Gasteiger partial charge in [-0.1, -0.05) is 11.6 Å². The first-order chi connectivity index (χ1) is 8.15. The molecule has 0 aliphatic carbocycles. The normalized spacial score (nSPS) is 26.6. The van der Waals surface area contributed by atoms with E-state index in [2.05, 4.69) is 10.6 Å². The number of rotatable bonds is 0. The van der Waals surface area contributed by atoms with Crippen LogP contribution in [0.15, 0.2) is 12.1 Å². The van der Waals surface area contributed by atoms with E-state index in [4.69, 9.17) is 16.3 Å². The molecule has 2 N–H and O–H groups in total. The predicted octanol–water partition coefficient (Wildman–Crippen LogP) is 1.86. The molecule has 6 heteroatoms. The number of benzene rings is 1. The van der Waals surface area contributed by atoms with Crippen LogP contribution < -0.4 is 10.6 Å². The second-order valence-corrected chi connectivity index (χ2v) is 4.60. The molecule has 0 spiro atoms. The number of hydrogen-bond acceptors (Lipinski definition) is 3. The molecule has 1 fully saturated rings. The van der Waals surface area contributed by atoms with E-state index in [9.17, 15) is 9.18 Å². The van der Waals surface area contributed by atoms with E-state index >= 15 is 0 Å². The third-order valence-corrected chi connectivity index (χ3v) is 3.37. The number of amides is 1. The Labute approximate surface area is 102 Å². The van der Waals surface area contributed by atoms with Gasteiger partial charge >= 0.3 is 0 Å². The van der Waals surface area contributed by atoms with Crippen LogP contribution in [0.4, 0.5) is 15.8 Å². The molecule has 4 nitrogen and oxygen atoms in total. The molecule has 2 unspecified atom stereocenters. The lowest BCUT2D eigenvalue weighted by Gasteiger charge is -2.14. The van der Waals surface area contributed by atoms with Gasteiger partial charge in [0.15, 0.2) is 0 Å². The highest BCUT2D eigenvalue weighted by molar-refractivity contribution is 6.31. The highest BCUT2D eigenvalue weighted by Gasteiger charge is 2.37. The van der Waals surface area contributed by atoms with Crippen LogP contribution in [0.1, 0.15) is 0 Å². The molecule has 0 radical (unpaired) electrons. The average Bonchev–Trinajstić information content (AvgIpc) is 2.69. The van der Waals surface area contributed by atoms with Crippen molar-refractivity contribution in [3.63, 3.8) is 0 Å². The molecule has 1 amide bonds. The van der Waals surface area contributed by atoms with Gasteiger partial charge in [0.1, 0.15) is 5.82 Å². The fourth-order valence-corrected chi connectivity index (χ4v) is 2.31. The van der Waals surface area contributed by atoms with Gasteiger partial charge in [-0.15, -0.1) is 0 Å². The van der Waals surface area contributed by atoms with Crippen molar-refractivity contribution in [3.8, 4) is 0 Å². The lowest BCUT2D eigenvalue weighted by molar-refractivity contribution is -0.119. The van der Waals surface area contributed by atoms with Gasteiger partial charge in [-0.05, 0) is 6.07 Å². The lowest BCUT2D eigenvalue weighted by Crippen LogP contribution is -2.33. The summed E-state index contributed by atoms with van der Waals surface area (Å²) in [6, 6.07) is 2.59. The van der Waals surface area contributed by atoms with Crippen LogP contribution in [0.2, 0.25) is 5.02 Å². The molecular formula is C11H10ClFN2O2. The molecule has 0 bridgehead atoms. The highest BCUT2D eigenvalue weighted by Crippen LogP contribution is 2.34. The van der Waals surface area contributed by atoms with E-state index in [-0.39, 0.29) is 22.9 Å². The zero-order valence-electron chi connectivity index (χ0n) is 8.80. The Morgan fingerprint density at radius 1 is 1.35 bits per heavy atom. The minimum atomic E-state index is -0.510. The number of ether oxygens (including phenoxy) is 1. The quantitative estimate of drug-likeness (QED) is 0.745. The fourth-order valence-electron chi connectivity index (χ4n) is 2.15. The van der Waals surface area contributed by atoms with Crippen molar-refractivity contribution in [2.75, 3.05) is 23.8 Å². The Kier molecular flexibility index (Phi) is 2.45. The summed E-state index contributed by atoms with van der Waals surface area (Å²) in [5.41, 5.74) is 1.05. The maximum atomic E-state index is 13.4. The maximum absolute atomic E-state index is 13.4. The predicted molar refractivity (Wildman–Crippen MR) is 61.8 cm³/mol. The van der Waals surface area contributed by atoms with Gasteiger partial charge in [0, 0.05) is 6.07 Å². The molecule has 90 valence electrons. The van der Waals surface area contributed by atoms with Crippen LogP contribution in [-0.4, -0.2) is 25.2 Å². The smallest absolute Gasteiger partial charge is 0.232 e. The molecule has 0 saturated carbocycles. The van der Waals surface area contributed by atoms with Crippen molar-refractivity contribution in [2.45, 2.75) is 6.04 Å². The van der Waals surface area contributed by atoms with Crippen molar-refractivity contribution in [1.29, 1.82) is 0 Å². The van der Waals surface area contributed by atoms with E-state index in [1.165, 1.54) is 12.1 Å². The monoisotopic (exact) mass is 256 g/mol. The van der Waals surface area contributed by atoms with Crippen LogP contribution in [0, 0.1) is 11.7 Å². The Balaban J connectivity index is 2.04. The second-order valence-electron chi connectivity index (χ2n) is 4.20. The number of carbonyl (C=O) groups is 1. The molecule has 3 rings (SSSR count). The molecule has 1 saturated heterocycles. The molecule has 2 aliphatic heterocycles. The van der Waals surface area contributed by atoms with E-state index in [0.29, 0.717) is 24.6 Å². The summed E-state index contributed by atoms with van der Waals surface area (Å²) >= 11 is 5.69. The van der Waals surface area contributed by atoms with Gasteiger partial charge in [0.05, 0.1) is 41.6 Å². The summed E-state index contributed by atoms with van der Waals surface area (Å²) < 4.78 is 18.6. The summed E-state index contributed by atoms with van der Waals surface area (Å²) in [6.07, 6.45) is 0. The number of carbonyl (C=O) groups excluding carboxylic acids is 1. The van der Waals surface area contributed by atoms with Gasteiger partial charge in [0.25, 0.3) is 0 Å². The molecule has 2 aliphatic rings. The average molecular weight is 257 g/mol. The molecular weight excluding hydrogens is 247 g/mol. The van der Waals surface area contributed by atoms with Gasteiger partial charge in [-0.25, -0.2) is 4.39 Å². The summed E-state index contributed by atoms with van der Waals surface area (Å²) in [6.45, 7) is 0.829. The number of fused-ring (bicyclic) bond motifs is 2. The Hall–Kier alpha value is -1.33.